The van der Waals surface area contributed by atoms with E-state index in [0.29, 0.717) is 49.6 Å². The lowest BCUT2D eigenvalue weighted by Crippen LogP contribution is -2.48. The van der Waals surface area contributed by atoms with Gasteiger partial charge in [0.05, 0.1) is 23.6 Å². The molecule has 2 aromatic carbocycles. The number of amides is 1. The maximum absolute atomic E-state index is 13.6. The van der Waals surface area contributed by atoms with E-state index in [9.17, 15) is 19.0 Å². The second kappa shape index (κ2) is 14.2. The fraction of sp³-hybridized carbons (Fsp3) is 0.367. The van der Waals surface area contributed by atoms with Gasteiger partial charge in [0, 0.05) is 42.3 Å². The zero-order chi connectivity index (χ0) is 28.5. The van der Waals surface area contributed by atoms with Gasteiger partial charge in [-0.25, -0.2) is 0 Å². The van der Waals surface area contributed by atoms with Crippen LogP contribution in [0, 0.1) is 0 Å². The topological polar surface area (TPSA) is 117 Å². The van der Waals surface area contributed by atoms with Gasteiger partial charge >= 0.3 is 0 Å². The van der Waals surface area contributed by atoms with Crippen molar-refractivity contribution < 1.29 is 19.0 Å². The maximum atomic E-state index is 13.6. The number of thiophene rings is 1. The number of benzene rings is 2. The minimum atomic E-state index is -2.94. The van der Waals surface area contributed by atoms with Crippen LogP contribution in [-0.2, 0) is 13.0 Å². The summed E-state index contributed by atoms with van der Waals surface area (Å²) in [4.78, 5) is 14.8. The van der Waals surface area contributed by atoms with Crippen molar-refractivity contribution in [1.82, 2.24) is 10.6 Å². The molecule has 0 spiro atoms. The number of carbonyl (C=O) groups excluding carboxylic acids is 1. The summed E-state index contributed by atoms with van der Waals surface area (Å²) >= 11 is 1.63. The lowest BCUT2D eigenvalue weighted by Gasteiger charge is -2.47. The van der Waals surface area contributed by atoms with Crippen LogP contribution in [0.2, 0.25) is 0 Å². The molecular formula is C30H40N4O4S2. The van der Waals surface area contributed by atoms with Gasteiger partial charge in [0.1, 0.15) is 0 Å². The molecule has 4 rings (SSSR count). The summed E-state index contributed by atoms with van der Waals surface area (Å²) in [7, 11) is -2.94. The number of nitrogens with one attached hydrogen (secondary N) is 3. The van der Waals surface area contributed by atoms with E-state index in [0.717, 1.165) is 34.5 Å². The molecule has 0 saturated carbocycles. The first-order chi connectivity index (χ1) is 19.3. The van der Waals surface area contributed by atoms with Crippen molar-refractivity contribution in [3.8, 4) is 0 Å². The SMILES string of the molecule is C=Cc1csc(CNC[C@H](O)[C@H](Cc2ccccc2)NC(=O)c2cc(NCC)cc(N3CCCCS3(O)O)c2)c1. The Labute approximate surface area is 242 Å². The third-order valence-corrected chi connectivity index (χ3v) is 9.76. The van der Waals surface area contributed by atoms with Crippen molar-refractivity contribution in [2.75, 3.05) is 35.0 Å². The first-order valence-corrected chi connectivity index (χ1v) is 16.2. The zero-order valence-electron chi connectivity index (χ0n) is 22.9. The molecule has 3 aromatic rings. The largest absolute Gasteiger partial charge is 0.390 e. The van der Waals surface area contributed by atoms with Gasteiger partial charge in [0.15, 0.2) is 0 Å². The van der Waals surface area contributed by atoms with Gasteiger partial charge in [0.2, 0.25) is 0 Å². The average molecular weight is 585 g/mol. The predicted octanol–water partition coefficient (Wildman–Crippen LogP) is 5.58. The Balaban J connectivity index is 1.52. The van der Waals surface area contributed by atoms with E-state index in [1.165, 1.54) is 0 Å². The summed E-state index contributed by atoms with van der Waals surface area (Å²) in [5.74, 6) is -0.0121. The normalized spacial score (nSPS) is 17.1. The van der Waals surface area contributed by atoms with Crippen molar-refractivity contribution in [2.45, 2.75) is 44.9 Å². The van der Waals surface area contributed by atoms with Gasteiger partial charge < -0.3 is 21.1 Å². The van der Waals surface area contributed by atoms with Gasteiger partial charge in [-0.15, -0.1) is 22.1 Å². The molecule has 1 amide bonds. The number of rotatable bonds is 13. The molecule has 0 bridgehead atoms. The Morgan fingerprint density at radius 3 is 2.67 bits per heavy atom. The third kappa shape index (κ3) is 8.09. The van der Waals surface area contributed by atoms with Crippen LogP contribution in [0.3, 0.4) is 0 Å². The molecule has 2 atom stereocenters. The Bertz CT molecular complexity index is 1270. The van der Waals surface area contributed by atoms with E-state index < -0.39 is 22.9 Å². The average Bonchev–Trinajstić information content (AvgIpc) is 3.41. The van der Waals surface area contributed by atoms with Crippen LogP contribution in [0.1, 0.15) is 46.1 Å². The van der Waals surface area contributed by atoms with Crippen LogP contribution in [-0.4, -0.2) is 57.7 Å². The molecule has 0 unspecified atom stereocenters. The van der Waals surface area contributed by atoms with Crippen LogP contribution >= 0.6 is 22.1 Å². The fourth-order valence-electron chi connectivity index (χ4n) is 4.78. The van der Waals surface area contributed by atoms with Crippen molar-refractivity contribution in [3.05, 3.63) is 88.1 Å². The maximum Gasteiger partial charge on any atom is 0.251 e. The number of hydrogen-bond acceptors (Lipinski definition) is 8. The monoisotopic (exact) mass is 584 g/mol. The molecule has 40 heavy (non-hydrogen) atoms. The Morgan fingerprint density at radius 2 is 1.98 bits per heavy atom. The number of hydrogen-bond donors (Lipinski definition) is 6. The second-order valence-electron chi connectivity index (χ2n) is 9.96. The number of aliphatic hydroxyl groups excluding tert-OH is 1. The number of nitrogens with zero attached hydrogens (tertiary/aromatic N) is 1. The lowest BCUT2D eigenvalue weighted by molar-refractivity contribution is 0.0830. The quantitative estimate of drug-likeness (QED) is 0.155. The smallest absolute Gasteiger partial charge is 0.251 e. The summed E-state index contributed by atoms with van der Waals surface area (Å²) in [5, 5.41) is 22.8. The first kappa shape index (κ1) is 30.1. The van der Waals surface area contributed by atoms with Crippen LogP contribution in [0.5, 0.6) is 0 Å². The van der Waals surface area contributed by atoms with Crippen LogP contribution in [0.15, 0.2) is 66.6 Å². The lowest BCUT2D eigenvalue weighted by atomic mass is 10.00. The second-order valence-corrected chi connectivity index (χ2v) is 13.1. The molecule has 6 N–H and O–H groups in total. The molecule has 0 aliphatic carbocycles. The molecule has 1 fully saturated rings. The predicted molar refractivity (Wildman–Crippen MR) is 168 cm³/mol. The highest BCUT2D eigenvalue weighted by molar-refractivity contribution is 8.25. The van der Waals surface area contributed by atoms with Crippen molar-refractivity contribution in [1.29, 1.82) is 0 Å². The van der Waals surface area contributed by atoms with E-state index in [1.54, 1.807) is 27.8 Å². The molecule has 0 radical (unpaired) electrons. The first-order valence-electron chi connectivity index (χ1n) is 13.6. The highest BCUT2D eigenvalue weighted by Crippen LogP contribution is 2.50. The zero-order valence-corrected chi connectivity index (χ0v) is 24.5. The van der Waals surface area contributed by atoms with Crippen LogP contribution in [0.25, 0.3) is 6.08 Å². The molecule has 8 nitrogen and oxygen atoms in total. The van der Waals surface area contributed by atoms with Gasteiger partial charge in [-0.05, 0) is 67.0 Å². The van der Waals surface area contributed by atoms with Gasteiger partial charge in [0.25, 0.3) is 5.91 Å². The van der Waals surface area contributed by atoms with Crippen LogP contribution in [0.4, 0.5) is 11.4 Å². The summed E-state index contributed by atoms with van der Waals surface area (Å²) in [6.45, 7) is 7.84. The number of anilines is 2. The highest BCUT2D eigenvalue weighted by Gasteiger charge is 2.28. The van der Waals surface area contributed by atoms with Gasteiger partial charge in [-0.3, -0.25) is 18.2 Å². The summed E-state index contributed by atoms with van der Waals surface area (Å²) in [6, 6.07) is 16.6. The Morgan fingerprint density at radius 1 is 1.18 bits per heavy atom. The molecule has 2 heterocycles. The fourth-order valence-corrected chi connectivity index (χ4v) is 7.30. The molecule has 1 aliphatic rings. The standard InChI is InChI=1S/C30H40N4O4S2/c1-3-22-14-27(39-21-22)19-31-20-29(35)28(15-23-10-6-5-7-11-23)33-30(36)24-16-25(32-4-2)18-26(17-24)34-12-8-9-13-40(34,37)38/h3,5-7,10-11,14,16-18,21,28-29,31-32,35,37-38H,1,4,8-9,12-13,15,19-20H2,2H3,(H,33,36)/t28-,29-/m0/s1. The number of carbonyl (C=O) groups is 1. The molecule has 216 valence electrons. The van der Waals surface area contributed by atoms with Crippen molar-refractivity contribution in [2.24, 2.45) is 0 Å². The Hall–Kier alpha value is -2.86. The molecule has 1 saturated heterocycles. The van der Waals surface area contributed by atoms with Gasteiger partial charge in [-0.2, -0.15) is 0 Å². The third-order valence-electron chi connectivity index (χ3n) is 6.87. The molecular weight excluding hydrogens is 544 g/mol. The van der Waals surface area contributed by atoms with E-state index in [-0.39, 0.29) is 5.91 Å². The summed E-state index contributed by atoms with van der Waals surface area (Å²) in [5.41, 5.74) is 3.79. The van der Waals surface area contributed by atoms with E-state index in [4.69, 9.17) is 0 Å². The molecule has 1 aliphatic heterocycles. The van der Waals surface area contributed by atoms with Crippen LogP contribution < -0.4 is 20.3 Å². The van der Waals surface area contributed by atoms with E-state index in [2.05, 4.69) is 28.6 Å². The van der Waals surface area contributed by atoms with Crippen molar-refractivity contribution >= 4 is 45.5 Å². The van der Waals surface area contributed by atoms with E-state index in [1.807, 2.05) is 54.8 Å². The van der Waals surface area contributed by atoms with E-state index >= 15 is 0 Å². The Kier molecular flexibility index (Phi) is 10.7. The van der Waals surface area contributed by atoms with Crippen molar-refractivity contribution in [3.63, 3.8) is 0 Å². The summed E-state index contributed by atoms with van der Waals surface area (Å²) < 4.78 is 23.0. The molecule has 10 heteroatoms. The van der Waals surface area contributed by atoms with Gasteiger partial charge in [-0.1, -0.05) is 43.0 Å². The summed E-state index contributed by atoms with van der Waals surface area (Å²) in [6.07, 6.45) is 3.04. The molecule has 1 aromatic heterocycles. The number of aliphatic hydroxyl groups is 1. The minimum Gasteiger partial charge on any atom is -0.390 e. The highest BCUT2D eigenvalue weighted by atomic mass is 32.3. The minimum absolute atomic E-state index is 0.302.